The van der Waals surface area contributed by atoms with Gasteiger partial charge in [-0.3, -0.25) is 0 Å². The summed E-state index contributed by atoms with van der Waals surface area (Å²) in [6, 6.07) is 9.69. The zero-order valence-electron chi connectivity index (χ0n) is 14.9. The Bertz CT molecular complexity index is 534. The molecule has 1 aliphatic heterocycles. The Morgan fingerprint density at radius 2 is 1.80 bits per heavy atom. The maximum Gasteiger partial charge on any atom is 0.410 e. The van der Waals surface area contributed by atoms with E-state index in [4.69, 9.17) is 9.47 Å². The Balaban J connectivity index is 1.46. The molecule has 0 radical (unpaired) electrons. The highest BCUT2D eigenvalue weighted by Gasteiger charge is 2.39. The molecule has 0 spiro atoms. The van der Waals surface area contributed by atoms with Gasteiger partial charge >= 0.3 is 6.09 Å². The third-order valence-electron chi connectivity index (χ3n) is 5.40. The van der Waals surface area contributed by atoms with Crippen LogP contribution in [0, 0.1) is 0 Å². The van der Waals surface area contributed by atoms with Crippen LogP contribution < -0.4 is 0 Å². The number of benzene rings is 1. The van der Waals surface area contributed by atoms with Crippen molar-refractivity contribution < 1.29 is 19.4 Å². The van der Waals surface area contributed by atoms with E-state index < -0.39 is 5.60 Å². The quantitative estimate of drug-likeness (QED) is 0.886. The first-order valence-electron chi connectivity index (χ1n) is 9.45. The van der Waals surface area contributed by atoms with E-state index in [-0.39, 0.29) is 18.8 Å². The fraction of sp³-hybridized carbons (Fsp3) is 0.650. The summed E-state index contributed by atoms with van der Waals surface area (Å²) in [4.78, 5) is 14.0. The van der Waals surface area contributed by atoms with Crippen molar-refractivity contribution in [3.05, 3.63) is 35.9 Å². The van der Waals surface area contributed by atoms with Crippen LogP contribution in [0.3, 0.4) is 0 Å². The second-order valence-electron chi connectivity index (χ2n) is 7.25. The van der Waals surface area contributed by atoms with Crippen molar-refractivity contribution in [2.75, 3.05) is 19.7 Å². The number of piperidine rings is 1. The van der Waals surface area contributed by atoms with Crippen LogP contribution >= 0.6 is 0 Å². The molecule has 5 heteroatoms. The van der Waals surface area contributed by atoms with Crippen molar-refractivity contribution in [1.29, 1.82) is 0 Å². The molecule has 1 N–H and O–H groups in total. The molecule has 25 heavy (non-hydrogen) atoms. The Labute approximate surface area is 149 Å². The molecule has 0 bridgehead atoms. The number of aliphatic hydroxyl groups excluding tert-OH is 1. The number of hydrogen-bond donors (Lipinski definition) is 1. The van der Waals surface area contributed by atoms with Crippen LogP contribution in [0.1, 0.15) is 50.5 Å². The molecule has 0 atom stereocenters. The Morgan fingerprint density at radius 1 is 1.12 bits per heavy atom. The predicted octanol–water partition coefficient (Wildman–Crippen LogP) is 3.50. The maximum atomic E-state index is 12.3. The topological polar surface area (TPSA) is 59.0 Å². The van der Waals surface area contributed by atoms with E-state index in [1.807, 2.05) is 30.3 Å². The van der Waals surface area contributed by atoms with Crippen LogP contribution in [-0.2, 0) is 16.1 Å². The number of likely N-dealkylation sites (tertiary alicyclic amines) is 1. The van der Waals surface area contributed by atoms with Gasteiger partial charge in [0.1, 0.15) is 6.61 Å². The average molecular weight is 347 g/mol. The molecule has 0 aromatic heterocycles. The van der Waals surface area contributed by atoms with E-state index in [1.165, 1.54) is 19.3 Å². The lowest BCUT2D eigenvalue weighted by molar-refractivity contribution is -0.151. The van der Waals surface area contributed by atoms with Crippen molar-refractivity contribution in [3.8, 4) is 0 Å². The largest absolute Gasteiger partial charge is 0.445 e. The molecule has 0 unspecified atom stereocenters. The van der Waals surface area contributed by atoms with Crippen molar-refractivity contribution in [3.63, 3.8) is 0 Å². The van der Waals surface area contributed by atoms with Crippen molar-refractivity contribution in [2.45, 2.75) is 63.3 Å². The van der Waals surface area contributed by atoms with Crippen LogP contribution in [0.4, 0.5) is 4.79 Å². The maximum absolute atomic E-state index is 12.3. The number of amides is 1. The second kappa shape index (κ2) is 8.68. The zero-order chi connectivity index (χ0) is 17.5. The molecular formula is C20H29NO4. The molecule has 2 fully saturated rings. The standard InChI is InChI=1S/C20H29NO4/c22-16-20(25-18-9-5-2-6-10-18)11-13-21(14-12-20)19(23)24-15-17-7-3-1-4-8-17/h1,3-4,7-8,18,22H,2,5-6,9-16H2. The van der Waals surface area contributed by atoms with Gasteiger partial charge in [-0.05, 0) is 31.2 Å². The fourth-order valence-electron chi connectivity index (χ4n) is 3.76. The molecule has 5 nitrogen and oxygen atoms in total. The van der Waals surface area contributed by atoms with Gasteiger partial charge in [0.25, 0.3) is 0 Å². The van der Waals surface area contributed by atoms with Crippen LogP contribution in [0.15, 0.2) is 30.3 Å². The van der Waals surface area contributed by atoms with Gasteiger partial charge in [0.15, 0.2) is 0 Å². The molecular weight excluding hydrogens is 318 g/mol. The monoisotopic (exact) mass is 347 g/mol. The Hall–Kier alpha value is -1.59. The number of carbonyl (C=O) groups excluding carboxylic acids is 1. The van der Waals surface area contributed by atoms with E-state index in [9.17, 15) is 9.90 Å². The van der Waals surface area contributed by atoms with E-state index >= 15 is 0 Å². The summed E-state index contributed by atoms with van der Waals surface area (Å²) in [7, 11) is 0. The third kappa shape index (κ3) is 4.95. The molecule has 1 saturated heterocycles. The molecule has 138 valence electrons. The predicted molar refractivity (Wildman–Crippen MR) is 95.2 cm³/mol. The summed E-state index contributed by atoms with van der Waals surface area (Å²) in [5.74, 6) is 0. The lowest BCUT2D eigenvalue weighted by Gasteiger charge is -2.42. The highest BCUT2D eigenvalue weighted by Crippen LogP contribution is 2.32. The highest BCUT2D eigenvalue weighted by atomic mass is 16.6. The zero-order valence-corrected chi connectivity index (χ0v) is 14.9. The summed E-state index contributed by atoms with van der Waals surface area (Å²) < 4.78 is 11.7. The first-order valence-corrected chi connectivity index (χ1v) is 9.45. The summed E-state index contributed by atoms with van der Waals surface area (Å²) in [5, 5.41) is 9.89. The minimum absolute atomic E-state index is 0.0242. The lowest BCUT2D eigenvalue weighted by Crippen LogP contribution is -2.51. The first-order chi connectivity index (χ1) is 12.2. The van der Waals surface area contributed by atoms with Crippen molar-refractivity contribution in [2.24, 2.45) is 0 Å². The Kier molecular flexibility index (Phi) is 6.32. The molecule has 1 saturated carbocycles. The van der Waals surface area contributed by atoms with Crippen LogP contribution in [-0.4, -0.2) is 47.5 Å². The van der Waals surface area contributed by atoms with Gasteiger partial charge in [0, 0.05) is 13.1 Å². The minimum Gasteiger partial charge on any atom is -0.445 e. The summed E-state index contributed by atoms with van der Waals surface area (Å²) >= 11 is 0. The number of carbonyl (C=O) groups is 1. The van der Waals surface area contributed by atoms with Gasteiger partial charge in [-0.15, -0.1) is 0 Å². The van der Waals surface area contributed by atoms with Gasteiger partial charge < -0.3 is 19.5 Å². The van der Waals surface area contributed by atoms with E-state index in [0.717, 1.165) is 18.4 Å². The Morgan fingerprint density at radius 3 is 2.44 bits per heavy atom. The highest BCUT2D eigenvalue weighted by molar-refractivity contribution is 5.67. The van der Waals surface area contributed by atoms with Gasteiger partial charge in [-0.25, -0.2) is 4.79 Å². The number of aliphatic hydroxyl groups is 1. The summed E-state index contributed by atoms with van der Waals surface area (Å²) in [6.45, 7) is 1.46. The SMILES string of the molecule is O=C(OCc1ccccc1)N1CCC(CO)(OC2CCCCC2)CC1. The van der Waals surface area contributed by atoms with Crippen LogP contribution in [0.5, 0.6) is 0 Å². The van der Waals surface area contributed by atoms with Crippen molar-refractivity contribution in [1.82, 2.24) is 4.90 Å². The number of hydrogen-bond acceptors (Lipinski definition) is 4. The van der Waals surface area contributed by atoms with Crippen LogP contribution in [0.2, 0.25) is 0 Å². The number of ether oxygens (including phenoxy) is 2. The fourth-order valence-corrected chi connectivity index (χ4v) is 3.76. The average Bonchev–Trinajstić information content (AvgIpc) is 2.68. The molecule has 1 amide bonds. The van der Waals surface area contributed by atoms with E-state index in [2.05, 4.69) is 0 Å². The third-order valence-corrected chi connectivity index (χ3v) is 5.40. The first kappa shape index (κ1) is 18.2. The number of nitrogens with zero attached hydrogens (tertiary/aromatic N) is 1. The summed E-state index contributed by atoms with van der Waals surface area (Å²) in [6.07, 6.45) is 7.20. The van der Waals surface area contributed by atoms with E-state index in [1.54, 1.807) is 4.90 Å². The molecule has 3 rings (SSSR count). The van der Waals surface area contributed by atoms with Gasteiger partial charge in [0.05, 0.1) is 18.3 Å². The molecule has 1 aliphatic carbocycles. The van der Waals surface area contributed by atoms with Gasteiger partial charge in [-0.1, -0.05) is 49.6 Å². The number of rotatable bonds is 5. The summed E-state index contributed by atoms with van der Waals surface area (Å²) in [5.41, 5.74) is 0.497. The lowest BCUT2D eigenvalue weighted by atomic mass is 9.90. The second-order valence-corrected chi connectivity index (χ2v) is 7.25. The van der Waals surface area contributed by atoms with Gasteiger partial charge in [-0.2, -0.15) is 0 Å². The molecule has 2 aliphatic rings. The van der Waals surface area contributed by atoms with E-state index in [0.29, 0.717) is 32.5 Å². The van der Waals surface area contributed by atoms with Crippen LogP contribution in [0.25, 0.3) is 0 Å². The van der Waals surface area contributed by atoms with Crippen molar-refractivity contribution >= 4 is 6.09 Å². The van der Waals surface area contributed by atoms with Gasteiger partial charge in [0.2, 0.25) is 0 Å². The normalized spacial score (nSPS) is 21.1. The smallest absolute Gasteiger partial charge is 0.410 e. The molecule has 1 heterocycles. The molecule has 1 aromatic rings. The minimum atomic E-state index is -0.488. The molecule has 1 aromatic carbocycles.